The second kappa shape index (κ2) is 7.26. The van der Waals surface area contributed by atoms with E-state index in [1.165, 1.54) is 28.1 Å². The average Bonchev–Trinajstić information content (AvgIpc) is 3.25. The van der Waals surface area contributed by atoms with Crippen LogP contribution in [0.2, 0.25) is 0 Å². The van der Waals surface area contributed by atoms with E-state index in [2.05, 4.69) is 30.3 Å². The number of anilines is 1. The number of rotatable bonds is 3. The van der Waals surface area contributed by atoms with Crippen molar-refractivity contribution in [3.05, 3.63) is 31.0 Å². The predicted molar refractivity (Wildman–Crippen MR) is 76.5 cm³/mol. The largest absolute Gasteiger partial charge is 1.00 e. The average molecular weight is 336 g/mol. The molecule has 0 saturated carbocycles. The summed E-state index contributed by atoms with van der Waals surface area (Å²) >= 11 is 0. The van der Waals surface area contributed by atoms with E-state index in [4.69, 9.17) is 4.74 Å². The van der Waals surface area contributed by atoms with Crippen molar-refractivity contribution in [1.82, 2.24) is 34.7 Å². The molecule has 0 unspecified atom stereocenters. The van der Waals surface area contributed by atoms with Gasteiger partial charge in [0, 0.05) is 25.0 Å². The second-order valence-electron chi connectivity index (χ2n) is 4.93. The molecule has 0 atom stereocenters. The van der Waals surface area contributed by atoms with Gasteiger partial charge in [-0.1, -0.05) is 5.21 Å². The molecular weight excluding hydrogens is 323 g/mol. The first-order chi connectivity index (χ1) is 11.3. The molecule has 0 aromatic carbocycles. The van der Waals surface area contributed by atoms with Gasteiger partial charge in [-0.05, 0) is 0 Å². The molecule has 0 bridgehead atoms. The minimum atomic E-state index is -0.317. The molecule has 0 amide bonds. The molecule has 0 spiro atoms. The van der Waals surface area contributed by atoms with Crippen LogP contribution in [0.1, 0.15) is 0 Å². The summed E-state index contributed by atoms with van der Waals surface area (Å²) in [5, 5.41) is 24.1. The monoisotopic (exact) mass is 336 g/mol. The Bertz CT molecular complexity index is 800. The Balaban J connectivity index is 0.00000169. The number of hydrogen-bond acceptors (Lipinski definition) is 8. The smallest absolute Gasteiger partial charge is 0.857 e. The maximum atomic E-state index is 12.5. The van der Waals surface area contributed by atoms with Crippen molar-refractivity contribution in [2.45, 2.75) is 0 Å². The van der Waals surface area contributed by atoms with Crippen molar-refractivity contribution in [3.8, 4) is 17.4 Å². The van der Waals surface area contributed by atoms with E-state index in [9.17, 15) is 5.11 Å². The van der Waals surface area contributed by atoms with Crippen LogP contribution in [0.4, 0.5) is 5.82 Å². The van der Waals surface area contributed by atoms with E-state index in [-0.39, 0.29) is 35.4 Å². The maximum Gasteiger partial charge on any atom is 1.00 e. The third-order valence-corrected chi connectivity index (χ3v) is 3.57. The summed E-state index contributed by atoms with van der Waals surface area (Å²) in [5.41, 5.74) is 0.314. The van der Waals surface area contributed by atoms with E-state index in [1.54, 1.807) is 12.3 Å². The Labute approximate surface area is 159 Å². The van der Waals surface area contributed by atoms with Gasteiger partial charge in [0.15, 0.2) is 5.82 Å². The molecule has 118 valence electrons. The molecule has 1 fully saturated rings. The van der Waals surface area contributed by atoms with Crippen LogP contribution in [0.25, 0.3) is 11.5 Å². The molecule has 10 nitrogen and oxygen atoms in total. The van der Waals surface area contributed by atoms with Crippen LogP contribution in [0.5, 0.6) is 5.88 Å². The molecule has 3 aromatic heterocycles. The van der Waals surface area contributed by atoms with Gasteiger partial charge in [0.05, 0.1) is 37.5 Å². The molecular formula is C13H13N8NaO2. The van der Waals surface area contributed by atoms with Crippen LogP contribution in [-0.2, 0) is 4.74 Å². The first-order valence-electron chi connectivity index (χ1n) is 7.10. The van der Waals surface area contributed by atoms with Crippen LogP contribution in [0, 0.1) is 0 Å². The Morgan fingerprint density at radius 2 is 1.92 bits per heavy atom. The van der Waals surface area contributed by atoms with Crippen LogP contribution >= 0.6 is 0 Å². The van der Waals surface area contributed by atoms with Gasteiger partial charge in [0.25, 0.3) is 0 Å². The standard InChI is InChI=1S/C13H14N8O2.Na/c22-13-10(20-2-1-16-18-20)8-17-21(13)12-7-11(14-9-15-12)19-3-5-23-6-4-19;/h1-2,7-9,22H,3-6H2;/q;+1/p-1. The van der Waals surface area contributed by atoms with Gasteiger partial charge in [-0.2, -0.15) is 5.10 Å². The third-order valence-electron chi connectivity index (χ3n) is 3.57. The number of nitrogens with zero attached hydrogens (tertiary/aromatic N) is 8. The quantitative estimate of drug-likeness (QED) is 0.447. The van der Waals surface area contributed by atoms with Gasteiger partial charge in [0.1, 0.15) is 12.1 Å². The Morgan fingerprint density at radius 1 is 1.12 bits per heavy atom. The van der Waals surface area contributed by atoms with Gasteiger partial charge in [-0.25, -0.2) is 19.3 Å². The summed E-state index contributed by atoms with van der Waals surface area (Å²) in [5.74, 6) is 0.843. The molecule has 4 rings (SSSR count). The van der Waals surface area contributed by atoms with E-state index < -0.39 is 0 Å². The molecule has 0 aliphatic carbocycles. The SMILES string of the molecule is [Na+].[O-]c1c(-n2ccnn2)cnn1-c1cc(N2CCOCC2)ncn1. The minimum Gasteiger partial charge on any atom is -0.857 e. The number of morpholine rings is 1. The van der Waals surface area contributed by atoms with E-state index in [0.29, 0.717) is 24.7 Å². The summed E-state index contributed by atoms with van der Waals surface area (Å²) in [7, 11) is 0. The van der Waals surface area contributed by atoms with Gasteiger partial charge in [-0.15, -0.1) is 5.10 Å². The molecule has 11 heteroatoms. The first-order valence-corrected chi connectivity index (χ1v) is 7.10. The fourth-order valence-corrected chi connectivity index (χ4v) is 2.40. The molecule has 1 saturated heterocycles. The van der Waals surface area contributed by atoms with Crippen LogP contribution in [0.3, 0.4) is 0 Å². The van der Waals surface area contributed by atoms with E-state index in [1.807, 2.05) is 0 Å². The Morgan fingerprint density at radius 3 is 2.67 bits per heavy atom. The zero-order chi connectivity index (χ0) is 15.6. The Kier molecular flexibility index (Phi) is 5.09. The number of aromatic nitrogens is 7. The summed E-state index contributed by atoms with van der Waals surface area (Å²) in [6, 6.07) is 1.74. The van der Waals surface area contributed by atoms with Gasteiger partial charge < -0.3 is 14.7 Å². The molecule has 0 N–H and O–H groups in total. The van der Waals surface area contributed by atoms with Crippen molar-refractivity contribution in [3.63, 3.8) is 0 Å². The first kappa shape index (κ1) is 16.8. The van der Waals surface area contributed by atoms with E-state index >= 15 is 0 Å². The third kappa shape index (κ3) is 3.13. The summed E-state index contributed by atoms with van der Waals surface area (Å²) < 4.78 is 7.93. The van der Waals surface area contributed by atoms with Crippen LogP contribution in [0.15, 0.2) is 31.0 Å². The second-order valence-corrected chi connectivity index (χ2v) is 4.93. The minimum absolute atomic E-state index is 0. The Hall–Kier alpha value is -2.01. The van der Waals surface area contributed by atoms with Gasteiger partial charge in [0.2, 0.25) is 0 Å². The predicted octanol–water partition coefficient (Wildman–Crippen LogP) is -3.84. The van der Waals surface area contributed by atoms with E-state index in [0.717, 1.165) is 18.9 Å². The van der Waals surface area contributed by atoms with Gasteiger partial charge in [-0.3, -0.25) is 0 Å². The van der Waals surface area contributed by atoms with Gasteiger partial charge >= 0.3 is 29.6 Å². The molecule has 0 radical (unpaired) electrons. The van der Waals surface area contributed by atoms with Crippen LogP contribution < -0.4 is 39.6 Å². The normalized spacial score (nSPS) is 14.4. The van der Waals surface area contributed by atoms with Crippen molar-refractivity contribution in [1.29, 1.82) is 0 Å². The topological polar surface area (TPSA) is 110 Å². The molecule has 4 heterocycles. The number of hydrogen-bond donors (Lipinski definition) is 0. The number of ether oxygens (including phenoxy) is 1. The molecule has 24 heavy (non-hydrogen) atoms. The summed E-state index contributed by atoms with van der Waals surface area (Å²) in [6.45, 7) is 2.82. The molecule has 3 aromatic rings. The maximum absolute atomic E-state index is 12.5. The molecule has 1 aliphatic heterocycles. The fourth-order valence-electron chi connectivity index (χ4n) is 2.40. The zero-order valence-corrected chi connectivity index (χ0v) is 15.1. The van der Waals surface area contributed by atoms with Crippen molar-refractivity contribution in [2.75, 3.05) is 31.2 Å². The zero-order valence-electron chi connectivity index (χ0n) is 13.1. The van der Waals surface area contributed by atoms with Crippen molar-refractivity contribution in [2.24, 2.45) is 0 Å². The molecule has 1 aliphatic rings. The summed E-state index contributed by atoms with van der Waals surface area (Å²) in [6.07, 6.45) is 5.95. The fraction of sp³-hybridized carbons (Fsp3) is 0.308. The van der Waals surface area contributed by atoms with Crippen LogP contribution in [-0.4, -0.2) is 61.0 Å². The van der Waals surface area contributed by atoms with Crippen molar-refractivity contribution >= 4 is 5.82 Å². The van der Waals surface area contributed by atoms with Crippen molar-refractivity contribution < 1.29 is 39.4 Å². The summed E-state index contributed by atoms with van der Waals surface area (Å²) in [4.78, 5) is 10.5.